The van der Waals surface area contributed by atoms with Gasteiger partial charge in [-0.2, -0.15) is 0 Å². The van der Waals surface area contributed by atoms with Crippen molar-refractivity contribution < 1.29 is 7.85 Å². The number of anilines is 1. The van der Waals surface area contributed by atoms with Gasteiger partial charge in [0.1, 0.15) is 5.75 Å². The van der Waals surface area contributed by atoms with Crippen LogP contribution in [-0.2, 0) is 0 Å². The molecule has 0 aliphatic carbocycles. The van der Waals surface area contributed by atoms with Crippen LogP contribution in [0.15, 0.2) is 18.2 Å². The second-order valence-electron chi connectivity index (χ2n) is 1.53. The molecule has 3 N–H and O–H groups in total. The lowest BCUT2D eigenvalue weighted by Gasteiger charge is -1.95. The summed E-state index contributed by atoms with van der Waals surface area (Å²) in [6, 6.07) is 0.815. The summed E-state index contributed by atoms with van der Waals surface area (Å²) in [5.74, 6) is -0.274. The monoisotopic (exact) mass is 145 g/mol. The van der Waals surface area contributed by atoms with Gasteiger partial charge in [0.15, 0.2) is 0 Å². The standard InChI is InChI=1S/C6H6ClNO/c7-4-1-2-6(9)5(8)3-4/h1-3,9H,8H2/i1D,3D. The number of nitrogen functional groups attached to an aromatic ring is 1. The third-order valence-electron chi connectivity index (χ3n) is 0.856. The van der Waals surface area contributed by atoms with E-state index in [9.17, 15) is 0 Å². The molecule has 2 nitrogen and oxygen atoms in total. The zero-order valence-corrected chi connectivity index (χ0v) is 5.24. The number of halogens is 1. The van der Waals surface area contributed by atoms with Crippen molar-refractivity contribution >= 4 is 17.3 Å². The average Bonchev–Trinajstić information content (AvgIpc) is 1.97. The second kappa shape index (κ2) is 2.15. The van der Waals surface area contributed by atoms with Crippen molar-refractivity contribution in [2.75, 3.05) is 5.73 Å². The van der Waals surface area contributed by atoms with Crippen LogP contribution >= 0.6 is 11.6 Å². The molecule has 1 aromatic rings. The molecule has 0 heterocycles. The number of hydrogen-bond acceptors (Lipinski definition) is 2. The Morgan fingerprint density at radius 3 is 3.11 bits per heavy atom. The Labute approximate surface area is 60.7 Å². The molecule has 1 rings (SSSR count). The van der Waals surface area contributed by atoms with Crippen molar-refractivity contribution in [2.45, 2.75) is 0 Å². The Morgan fingerprint density at radius 2 is 2.44 bits per heavy atom. The van der Waals surface area contributed by atoms with E-state index in [2.05, 4.69) is 0 Å². The summed E-state index contributed by atoms with van der Waals surface area (Å²) in [6.07, 6.45) is 0. The highest BCUT2D eigenvalue weighted by Gasteiger charge is 1.93. The van der Waals surface area contributed by atoms with Gasteiger partial charge in [-0.1, -0.05) is 11.6 Å². The van der Waals surface area contributed by atoms with Crippen molar-refractivity contribution in [1.82, 2.24) is 0 Å². The Bertz CT molecular complexity index is 277. The van der Waals surface area contributed by atoms with Crippen LogP contribution in [0.4, 0.5) is 5.69 Å². The number of benzene rings is 1. The first-order valence-electron chi connectivity index (χ1n) is 3.28. The topological polar surface area (TPSA) is 46.2 Å². The fourth-order valence-corrected chi connectivity index (χ4v) is 0.584. The van der Waals surface area contributed by atoms with Gasteiger partial charge >= 0.3 is 0 Å². The van der Waals surface area contributed by atoms with Gasteiger partial charge in [-0.15, -0.1) is 0 Å². The predicted molar refractivity (Wildman–Crippen MR) is 37.5 cm³/mol. The Balaban J connectivity index is 3.46. The number of phenolic OH excluding ortho intramolecular Hbond substituents is 1. The van der Waals surface area contributed by atoms with Crippen LogP contribution in [0.2, 0.25) is 5.02 Å². The largest absolute Gasteiger partial charge is 0.506 e. The van der Waals surface area contributed by atoms with E-state index in [1.165, 1.54) is 0 Å². The molecule has 0 amide bonds. The van der Waals surface area contributed by atoms with Gasteiger partial charge < -0.3 is 10.8 Å². The van der Waals surface area contributed by atoms with Crippen LogP contribution in [0.1, 0.15) is 2.74 Å². The summed E-state index contributed by atoms with van der Waals surface area (Å²) >= 11 is 5.49. The van der Waals surface area contributed by atoms with Gasteiger partial charge in [0.25, 0.3) is 0 Å². The normalized spacial score (nSPS) is 12.6. The van der Waals surface area contributed by atoms with E-state index >= 15 is 0 Å². The van der Waals surface area contributed by atoms with Crippen LogP contribution < -0.4 is 5.73 Å². The van der Waals surface area contributed by atoms with Gasteiger partial charge in [-0.3, -0.25) is 0 Å². The summed E-state index contributed by atoms with van der Waals surface area (Å²) in [7, 11) is 0. The van der Waals surface area contributed by atoms with E-state index in [1.54, 1.807) is 0 Å². The lowest BCUT2D eigenvalue weighted by Crippen LogP contribution is -1.83. The maximum absolute atomic E-state index is 8.98. The fraction of sp³-hybridized carbons (Fsp3) is 0. The number of nitrogens with two attached hydrogens (primary N) is 1. The zero-order valence-electron chi connectivity index (χ0n) is 6.48. The maximum Gasteiger partial charge on any atom is 0.138 e. The SMILES string of the molecule is [2H]c1cc(O)c(N)c([2H])c1Cl. The van der Waals surface area contributed by atoms with Crippen LogP contribution in [0.3, 0.4) is 0 Å². The fourth-order valence-electron chi connectivity index (χ4n) is 0.428. The van der Waals surface area contributed by atoms with E-state index in [4.69, 9.17) is 25.2 Å². The minimum atomic E-state index is -0.274. The first-order chi connectivity index (χ1) is 5.04. The van der Waals surface area contributed by atoms with Gasteiger partial charge in [-0.05, 0) is 18.2 Å². The van der Waals surface area contributed by atoms with Gasteiger partial charge in [0.2, 0.25) is 0 Å². The average molecular weight is 146 g/mol. The highest BCUT2D eigenvalue weighted by molar-refractivity contribution is 6.30. The molecule has 0 atom stereocenters. The van der Waals surface area contributed by atoms with E-state index in [-0.39, 0.29) is 28.5 Å². The number of phenols is 1. The molecular formula is C6H6ClNO. The van der Waals surface area contributed by atoms with Crippen LogP contribution in [0, 0.1) is 0 Å². The first-order valence-corrected chi connectivity index (χ1v) is 2.66. The smallest absolute Gasteiger partial charge is 0.138 e. The molecule has 9 heavy (non-hydrogen) atoms. The van der Waals surface area contributed by atoms with Gasteiger partial charge in [0.05, 0.1) is 8.43 Å². The van der Waals surface area contributed by atoms with Crippen molar-refractivity contribution in [2.24, 2.45) is 0 Å². The summed E-state index contributed by atoms with van der Waals surface area (Å²) in [4.78, 5) is 0. The lowest BCUT2D eigenvalue weighted by atomic mass is 10.3. The number of aromatic hydroxyl groups is 1. The minimum absolute atomic E-state index is 0.0414. The van der Waals surface area contributed by atoms with Gasteiger partial charge in [-0.25, -0.2) is 0 Å². The van der Waals surface area contributed by atoms with Crippen LogP contribution in [0.25, 0.3) is 0 Å². The molecule has 0 bridgehead atoms. The summed E-state index contributed by atoms with van der Waals surface area (Å²) < 4.78 is 14.3. The van der Waals surface area contributed by atoms with Crippen molar-refractivity contribution in [3.05, 3.63) is 23.2 Å². The van der Waals surface area contributed by atoms with Crippen LogP contribution in [-0.4, -0.2) is 5.11 Å². The van der Waals surface area contributed by atoms with Crippen molar-refractivity contribution in [3.8, 4) is 5.75 Å². The summed E-state index contributed by atoms with van der Waals surface area (Å²) in [5, 5.41) is 8.94. The third kappa shape index (κ3) is 1.27. The molecular weight excluding hydrogens is 138 g/mol. The van der Waals surface area contributed by atoms with Gasteiger partial charge in [0, 0.05) is 5.02 Å². The molecule has 0 saturated carbocycles. The summed E-state index contributed by atoms with van der Waals surface area (Å²) in [6.45, 7) is 0. The van der Waals surface area contributed by atoms with E-state index < -0.39 is 0 Å². The Kier molecular flexibility index (Phi) is 0.958. The van der Waals surface area contributed by atoms with Crippen LogP contribution in [0.5, 0.6) is 5.75 Å². The molecule has 3 heteroatoms. The molecule has 0 aliphatic heterocycles. The zero-order chi connectivity index (χ0) is 8.59. The molecule has 0 radical (unpaired) electrons. The second-order valence-corrected chi connectivity index (χ2v) is 1.90. The quantitative estimate of drug-likeness (QED) is 0.431. The van der Waals surface area contributed by atoms with E-state index in [0.717, 1.165) is 6.07 Å². The molecule has 0 aromatic heterocycles. The molecule has 0 spiro atoms. The van der Waals surface area contributed by atoms with E-state index in [1.807, 2.05) is 0 Å². The minimum Gasteiger partial charge on any atom is -0.506 e. The maximum atomic E-state index is 8.98. The first kappa shape index (κ1) is 4.01. The van der Waals surface area contributed by atoms with Crippen molar-refractivity contribution in [1.29, 1.82) is 0 Å². The molecule has 48 valence electrons. The number of rotatable bonds is 0. The molecule has 0 unspecified atom stereocenters. The lowest BCUT2D eigenvalue weighted by molar-refractivity contribution is 0.478. The summed E-state index contributed by atoms with van der Waals surface area (Å²) in [5.41, 5.74) is 5.15. The Hall–Kier alpha value is -0.890. The van der Waals surface area contributed by atoms with E-state index in [0.29, 0.717) is 0 Å². The highest BCUT2D eigenvalue weighted by atomic mass is 35.5. The highest BCUT2D eigenvalue weighted by Crippen LogP contribution is 2.22. The predicted octanol–water partition coefficient (Wildman–Crippen LogP) is 1.63. The van der Waals surface area contributed by atoms with Crippen molar-refractivity contribution in [3.63, 3.8) is 0 Å². The molecule has 0 aliphatic rings. The molecule has 0 fully saturated rings. The number of hydrogen-bond donors (Lipinski definition) is 2. The molecule has 0 saturated heterocycles. The molecule has 1 aromatic carbocycles. The third-order valence-corrected chi connectivity index (χ3v) is 1.06. The Morgan fingerprint density at radius 1 is 1.78 bits per heavy atom.